The van der Waals surface area contributed by atoms with E-state index in [1.165, 1.54) is 69.1 Å². The SMILES string of the molecule is C=CC12CCC(=C)[C@](C)(C=C)C1CCC1(C=C)C2CC=C(C2CCCCC2C)[C@@]1(C)CCSC. The van der Waals surface area contributed by atoms with Crippen LogP contribution in [0.5, 0.6) is 0 Å². The lowest BCUT2D eigenvalue weighted by Crippen LogP contribution is -2.62. The van der Waals surface area contributed by atoms with Crippen LogP contribution in [0.3, 0.4) is 0 Å². The highest BCUT2D eigenvalue weighted by atomic mass is 32.2. The maximum absolute atomic E-state index is 4.63. The molecule has 0 aliphatic heterocycles. The molecule has 34 heavy (non-hydrogen) atoms. The van der Waals surface area contributed by atoms with E-state index < -0.39 is 0 Å². The highest BCUT2D eigenvalue weighted by Crippen LogP contribution is 2.74. The molecule has 8 atom stereocenters. The van der Waals surface area contributed by atoms with Crippen molar-refractivity contribution in [2.45, 2.75) is 85.0 Å². The second-order valence-corrected chi connectivity index (χ2v) is 13.6. The summed E-state index contributed by atoms with van der Waals surface area (Å²) in [5, 5.41) is 0. The zero-order chi connectivity index (χ0) is 24.8. The van der Waals surface area contributed by atoms with Crippen LogP contribution in [-0.2, 0) is 0 Å². The number of thioether (sulfide) groups is 1. The summed E-state index contributed by atoms with van der Waals surface area (Å²) in [6.07, 6.45) is 24.9. The fourth-order valence-electron chi connectivity index (χ4n) is 9.63. The van der Waals surface area contributed by atoms with E-state index in [0.717, 1.165) is 18.3 Å². The number of allylic oxidation sites excluding steroid dienone is 6. The molecular weight excluding hydrogens is 428 g/mol. The first kappa shape index (κ1) is 26.1. The van der Waals surface area contributed by atoms with Gasteiger partial charge >= 0.3 is 0 Å². The van der Waals surface area contributed by atoms with Gasteiger partial charge in [-0.15, -0.1) is 19.7 Å². The van der Waals surface area contributed by atoms with Crippen molar-refractivity contribution in [1.29, 1.82) is 0 Å². The van der Waals surface area contributed by atoms with Crippen LogP contribution in [0, 0.1) is 45.3 Å². The maximum Gasteiger partial charge on any atom is 0.00938 e. The minimum atomic E-state index is -0.00266. The van der Waals surface area contributed by atoms with E-state index >= 15 is 0 Å². The Hall–Kier alpha value is -0.950. The van der Waals surface area contributed by atoms with Crippen molar-refractivity contribution < 1.29 is 0 Å². The molecule has 0 aromatic heterocycles. The van der Waals surface area contributed by atoms with Crippen LogP contribution in [0.1, 0.15) is 85.0 Å². The molecule has 0 N–H and O–H groups in total. The van der Waals surface area contributed by atoms with E-state index in [0.29, 0.717) is 11.8 Å². The van der Waals surface area contributed by atoms with E-state index in [9.17, 15) is 0 Å². The monoisotopic (exact) mass is 478 g/mol. The number of hydrogen-bond acceptors (Lipinski definition) is 1. The molecule has 6 unspecified atom stereocenters. The predicted molar refractivity (Wildman–Crippen MR) is 153 cm³/mol. The summed E-state index contributed by atoms with van der Waals surface area (Å²) in [5.41, 5.74) is 3.61. The Morgan fingerprint density at radius 1 is 1.00 bits per heavy atom. The Bertz CT molecular complexity index is 864. The van der Waals surface area contributed by atoms with E-state index in [2.05, 4.69) is 77.6 Å². The van der Waals surface area contributed by atoms with Crippen molar-refractivity contribution in [3.63, 3.8) is 0 Å². The van der Waals surface area contributed by atoms with E-state index in [1.54, 1.807) is 5.57 Å². The summed E-state index contributed by atoms with van der Waals surface area (Å²) in [5.74, 6) is 3.89. The first-order chi connectivity index (χ1) is 16.2. The van der Waals surface area contributed by atoms with E-state index in [4.69, 9.17) is 0 Å². The van der Waals surface area contributed by atoms with Crippen LogP contribution in [0.4, 0.5) is 0 Å². The lowest BCUT2D eigenvalue weighted by molar-refractivity contribution is -0.121. The fourth-order valence-corrected chi connectivity index (χ4v) is 10.2. The molecule has 4 aliphatic rings. The largest absolute Gasteiger partial charge is 0.165 e. The van der Waals surface area contributed by atoms with Crippen LogP contribution in [-0.4, -0.2) is 12.0 Å². The second-order valence-electron chi connectivity index (χ2n) is 12.6. The van der Waals surface area contributed by atoms with Gasteiger partial charge in [0.15, 0.2) is 0 Å². The third-order valence-corrected chi connectivity index (χ3v) is 12.4. The average Bonchev–Trinajstić information content (AvgIpc) is 2.85. The van der Waals surface area contributed by atoms with Crippen LogP contribution < -0.4 is 0 Å². The van der Waals surface area contributed by atoms with Crippen molar-refractivity contribution in [2.75, 3.05) is 12.0 Å². The predicted octanol–water partition coefficient (Wildman–Crippen LogP) is 9.82. The topological polar surface area (TPSA) is 0 Å². The van der Waals surface area contributed by atoms with Crippen molar-refractivity contribution in [3.8, 4) is 0 Å². The van der Waals surface area contributed by atoms with Crippen molar-refractivity contribution in [1.82, 2.24) is 0 Å². The lowest BCUT2D eigenvalue weighted by atomic mass is 9.35. The fraction of sp³-hybridized carbons (Fsp3) is 0.697. The van der Waals surface area contributed by atoms with Gasteiger partial charge in [0.1, 0.15) is 0 Å². The summed E-state index contributed by atoms with van der Waals surface area (Å²) in [7, 11) is 0. The van der Waals surface area contributed by atoms with Crippen LogP contribution >= 0.6 is 11.8 Å². The minimum Gasteiger partial charge on any atom is -0.165 e. The van der Waals surface area contributed by atoms with Gasteiger partial charge in [-0.05, 0) is 91.5 Å². The third kappa shape index (κ3) is 3.46. The molecule has 4 rings (SSSR count). The molecule has 0 nitrogen and oxygen atoms in total. The van der Waals surface area contributed by atoms with Gasteiger partial charge in [0.25, 0.3) is 0 Å². The number of rotatable bonds is 7. The standard InChI is InChI=1S/C33H50S/c1-9-30(6)25(5)18-20-32(10-2)28(30)19-21-33(11-3)29(32)17-16-27(31(33,7)22-23-34-8)26-15-13-12-14-24(26)4/h9-11,16,24,26,28-29H,1-3,5,12-15,17-23H2,4,6-8H3/t24?,26?,28?,29?,30-,31+,32?,33?/m0/s1. The van der Waals surface area contributed by atoms with Gasteiger partial charge in [-0.2, -0.15) is 11.8 Å². The molecule has 0 spiro atoms. The van der Waals surface area contributed by atoms with Gasteiger partial charge in [0, 0.05) is 10.8 Å². The number of hydrogen-bond donors (Lipinski definition) is 0. The molecule has 3 fully saturated rings. The Morgan fingerprint density at radius 2 is 1.74 bits per heavy atom. The average molecular weight is 479 g/mol. The molecule has 0 saturated heterocycles. The van der Waals surface area contributed by atoms with Crippen LogP contribution in [0.2, 0.25) is 0 Å². The van der Waals surface area contributed by atoms with Gasteiger partial charge in [0.2, 0.25) is 0 Å². The molecule has 3 saturated carbocycles. The normalized spacial score (nSPS) is 46.6. The lowest BCUT2D eigenvalue weighted by Gasteiger charge is -2.69. The summed E-state index contributed by atoms with van der Waals surface area (Å²) in [6.45, 7) is 25.6. The summed E-state index contributed by atoms with van der Waals surface area (Å²) in [6, 6.07) is 0. The third-order valence-electron chi connectivity index (χ3n) is 11.8. The van der Waals surface area contributed by atoms with E-state index in [1.807, 2.05) is 11.8 Å². The van der Waals surface area contributed by atoms with Crippen molar-refractivity contribution in [2.24, 2.45) is 45.3 Å². The van der Waals surface area contributed by atoms with Crippen LogP contribution in [0.15, 0.2) is 61.8 Å². The summed E-state index contributed by atoms with van der Waals surface area (Å²) >= 11 is 2.02. The second kappa shape index (κ2) is 9.49. The molecular formula is C33H50S. The van der Waals surface area contributed by atoms with E-state index in [-0.39, 0.29) is 21.7 Å². The highest BCUT2D eigenvalue weighted by Gasteiger charge is 2.66. The molecule has 188 valence electrons. The van der Waals surface area contributed by atoms with Gasteiger partial charge in [-0.3, -0.25) is 0 Å². The van der Waals surface area contributed by atoms with Gasteiger partial charge < -0.3 is 0 Å². The smallest absolute Gasteiger partial charge is 0.00938 e. The zero-order valence-corrected chi connectivity index (χ0v) is 23.5. The highest BCUT2D eigenvalue weighted by molar-refractivity contribution is 7.98. The van der Waals surface area contributed by atoms with Gasteiger partial charge in [-0.1, -0.05) is 82.1 Å². The summed E-state index contributed by atoms with van der Waals surface area (Å²) in [4.78, 5) is 0. The van der Waals surface area contributed by atoms with Crippen molar-refractivity contribution >= 4 is 11.8 Å². The summed E-state index contributed by atoms with van der Waals surface area (Å²) < 4.78 is 0. The molecule has 0 amide bonds. The van der Waals surface area contributed by atoms with Crippen molar-refractivity contribution in [3.05, 3.63) is 61.8 Å². The zero-order valence-electron chi connectivity index (χ0n) is 22.6. The molecule has 0 aromatic rings. The van der Waals surface area contributed by atoms with Gasteiger partial charge in [-0.25, -0.2) is 0 Å². The maximum atomic E-state index is 4.63. The molecule has 0 bridgehead atoms. The van der Waals surface area contributed by atoms with Gasteiger partial charge in [0.05, 0.1) is 0 Å². The first-order valence-corrected chi connectivity index (χ1v) is 15.4. The Labute approximate surface area is 215 Å². The molecule has 1 heteroatoms. The molecule has 0 radical (unpaired) electrons. The Morgan fingerprint density at radius 3 is 2.35 bits per heavy atom. The Kier molecular flexibility index (Phi) is 7.29. The number of fused-ring (bicyclic) bond motifs is 3. The Balaban J connectivity index is 1.88. The molecule has 0 heterocycles. The minimum absolute atomic E-state index is 0.00266. The first-order valence-electron chi connectivity index (χ1n) is 14.0. The molecule has 0 aromatic carbocycles. The van der Waals surface area contributed by atoms with Crippen LogP contribution in [0.25, 0.3) is 0 Å². The molecule has 4 aliphatic carbocycles. The quantitative estimate of drug-likeness (QED) is 0.328.